The number of aromatic nitrogens is 4. The van der Waals surface area contributed by atoms with Gasteiger partial charge in [0, 0.05) is 65.8 Å². The Labute approximate surface area is 348 Å². The fourth-order valence-electron chi connectivity index (χ4n) is 10.4. The van der Waals surface area contributed by atoms with E-state index in [9.17, 15) is 0 Å². The lowest BCUT2D eigenvalue weighted by Gasteiger charge is -2.12. The Hall–Kier alpha value is -8.28. The Morgan fingerprint density at radius 2 is 0.574 bits per heavy atom. The van der Waals surface area contributed by atoms with E-state index in [1.54, 1.807) is 0 Å². The Kier molecular flexibility index (Phi) is 6.49. The van der Waals surface area contributed by atoms with Crippen LogP contribution in [0.15, 0.2) is 211 Å². The first-order valence-corrected chi connectivity index (χ1v) is 20.9. The number of hydrogen-bond acceptors (Lipinski definition) is 1. The van der Waals surface area contributed by atoms with E-state index in [0.717, 1.165) is 61.4 Å². The molecule has 0 radical (unpaired) electrons. The fourth-order valence-corrected chi connectivity index (χ4v) is 10.4. The van der Waals surface area contributed by atoms with Gasteiger partial charge < -0.3 is 18.1 Å². The molecule has 61 heavy (non-hydrogen) atoms. The molecular weight excluding hydrogens is 745 g/mol. The Morgan fingerprint density at radius 1 is 0.246 bits per heavy atom. The molecule has 0 amide bonds. The molecule has 0 saturated carbocycles. The molecule has 0 spiro atoms. The molecule has 0 unspecified atom stereocenters. The molecule has 0 fully saturated rings. The van der Waals surface area contributed by atoms with Crippen LogP contribution in [0.3, 0.4) is 0 Å². The zero-order valence-electron chi connectivity index (χ0n) is 32.8. The second-order valence-corrected chi connectivity index (χ2v) is 16.1. The maximum absolute atomic E-state index is 6.59. The minimum absolute atomic E-state index is 0.863. The van der Waals surface area contributed by atoms with Crippen molar-refractivity contribution in [2.45, 2.75) is 0 Å². The van der Waals surface area contributed by atoms with E-state index in [1.165, 1.54) is 59.8 Å². The van der Waals surface area contributed by atoms with Gasteiger partial charge in [-0.2, -0.15) is 0 Å². The molecule has 0 aliphatic rings. The van der Waals surface area contributed by atoms with Crippen molar-refractivity contribution < 1.29 is 4.42 Å². The molecule has 0 atom stereocenters. The highest BCUT2D eigenvalue weighted by Gasteiger charge is 2.21. The van der Waals surface area contributed by atoms with Crippen LogP contribution in [0, 0.1) is 0 Å². The Bertz CT molecular complexity index is 3830. The molecular formula is C56H34N4O. The number of para-hydroxylation sites is 6. The minimum Gasteiger partial charge on any atom is -0.439 e. The SMILES string of the molecule is c1ccc2c(c1)oc1c2c2ccccc2n1-c1ccc(-n2c3ccc(-n4c5ccccc5c5ccccc54)cc3c3cc(-n4c5ccccc5c5ccccc54)ccc32)cc1. The first-order chi connectivity index (χ1) is 30.3. The van der Waals surface area contributed by atoms with Crippen LogP contribution in [-0.2, 0) is 0 Å². The fraction of sp³-hybridized carbons (Fsp3) is 0. The number of nitrogens with zero attached hydrogens (tertiary/aromatic N) is 4. The second-order valence-electron chi connectivity index (χ2n) is 16.1. The highest BCUT2D eigenvalue weighted by atomic mass is 16.3. The van der Waals surface area contributed by atoms with E-state index in [-0.39, 0.29) is 0 Å². The highest BCUT2D eigenvalue weighted by molar-refractivity contribution is 6.20. The topological polar surface area (TPSA) is 32.9 Å². The van der Waals surface area contributed by atoms with Gasteiger partial charge in [-0.15, -0.1) is 0 Å². The van der Waals surface area contributed by atoms with Crippen molar-refractivity contribution >= 4 is 98.4 Å². The van der Waals surface area contributed by atoms with Crippen LogP contribution in [0.25, 0.3) is 121 Å². The van der Waals surface area contributed by atoms with Gasteiger partial charge >= 0.3 is 0 Å². The maximum Gasteiger partial charge on any atom is 0.213 e. The van der Waals surface area contributed by atoms with Gasteiger partial charge in [0.25, 0.3) is 0 Å². The molecule has 9 aromatic carbocycles. The molecule has 0 N–H and O–H groups in total. The lowest BCUT2D eigenvalue weighted by atomic mass is 10.1. The average Bonchev–Trinajstić information content (AvgIpc) is 4.11. The van der Waals surface area contributed by atoms with E-state index in [1.807, 2.05) is 6.07 Å². The van der Waals surface area contributed by atoms with Crippen molar-refractivity contribution in [1.29, 1.82) is 0 Å². The van der Waals surface area contributed by atoms with Crippen molar-refractivity contribution in [1.82, 2.24) is 18.3 Å². The first kappa shape index (κ1) is 32.7. The summed E-state index contributed by atoms with van der Waals surface area (Å²) in [6.07, 6.45) is 0. The minimum atomic E-state index is 0.863. The quantitative estimate of drug-likeness (QED) is 0.175. The molecule has 14 aromatic rings. The lowest BCUT2D eigenvalue weighted by Crippen LogP contribution is -1.98. The van der Waals surface area contributed by atoms with Crippen molar-refractivity contribution in [2.75, 3.05) is 0 Å². The maximum atomic E-state index is 6.59. The Morgan fingerprint density at radius 3 is 1.05 bits per heavy atom. The van der Waals surface area contributed by atoms with Crippen LogP contribution in [0.5, 0.6) is 0 Å². The second kappa shape index (κ2) is 12.1. The third-order valence-electron chi connectivity index (χ3n) is 13.0. The summed E-state index contributed by atoms with van der Waals surface area (Å²) in [5.74, 6) is 0. The number of rotatable bonds is 4. The van der Waals surface area contributed by atoms with Gasteiger partial charge in [-0.3, -0.25) is 4.57 Å². The average molecular weight is 779 g/mol. The summed E-state index contributed by atoms with van der Waals surface area (Å²) in [5.41, 5.74) is 14.4. The van der Waals surface area contributed by atoms with Gasteiger partial charge in [0.2, 0.25) is 5.71 Å². The summed E-state index contributed by atoms with van der Waals surface area (Å²) in [5, 5.41) is 10.9. The number of hydrogen-bond donors (Lipinski definition) is 0. The normalized spacial score (nSPS) is 12.3. The summed E-state index contributed by atoms with van der Waals surface area (Å²) in [6, 6.07) is 74.8. The van der Waals surface area contributed by atoms with E-state index in [0.29, 0.717) is 0 Å². The molecule has 5 nitrogen and oxygen atoms in total. The van der Waals surface area contributed by atoms with Crippen LogP contribution >= 0.6 is 0 Å². The lowest BCUT2D eigenvalue weighted by molar-refractivity contribution is 0.645. The molecule has 5 aromatic heterocycles. The number of benzene rings is 9. The van der Waals surface area contributed by atoms with Gasteiger partial charge in [0.05, 0.1) is 44.0 Å². The number of fused-ring (bicyclic) bond motifs is 14. The van der Waals surface area contributed by atoms with Gasteiger partial charge in [-0.05, 0) is 97.1 Å². The summed E-state index contributed by atoms with van der Waals surface area (Å²) in [6.45, 7) is 0. The van der Waals surface area contributed by atoms with Crippen LogP contribution in [0.1, 0.15) is 0 Å². The van der Waals surface area contributed by atoms with Gasteiger partial charge in [-0.1, -0.05) is 109 Å². The summed E-state index contributed by atoms with van der Waals surface area (Å²) >= 11 is 0. The van der Waals surface area contributed by atoms with Gasteiger partial charge in [0.1, 0.15) is 5.58 Å². The van der Waals surface area contributed by atoms with Crippen LogP contribution in [0.2, 0.25) is 0 Å². The monoisotopic (exact) mass is 778 g/mol. The van der Waals surface area contributed by atoms with Crippen molar-refractivity contribution in [3.63, 3.8) is 0 Å². The molecule has 0 aliphatic heterocycles. The zero-order chi connectivity index (χ0) is 39.8. The zero-order valence-corrected chi connectivity index (χ0v) is 32.8. The summed E-state index contributed by atoms with van der Waals surface area (Å²) in [7, 11) is 0. The van der Waals surface area contributed by atoms with Crippen LogP contribution in [0.4, 0.5) is 0 Å². The van der Waals surface area contributed by atoms with E-state index in [2.05, 4.69) is 218 Å². The van der Waals surface area contributed by atoms with E-state index in [4.69, 9.17) is 4.42 Å². The number of furan rings is 1. The molecule has 0 aliphatic carbocycles. The Balaban J connectivity index is 1.01. The molecule has 14 rings (SSSR count). The van der Waals surface area contributed by atoms with Crippen LogP contribution < -0.4 is 0 Å². The highest BCUT2D eigenvalue weighted by Crippen LogP contribution is 2.42. The third-order valence-corrected chi connectivity index (χ3v) is 13.0. The largest absolute Gasteiger partial charge is 0.439 e. The first-order valence-electron chi connectivity index (χ1n) is 20.9. The predicted octanol–water partition coefficient (Wildman–Crippen LogP) is 14.8. The summed E-state index contributed by atoms with van der Waals surface area (Å²) < 4.78 is 16.1. The van der Waals surface area contributed by atoms with E-state index < -0.39 is 0 Å². The molecule has 5 heterocycles. The molecule has 284 valence electrons. The van der Waals surface area contributed by atoms with Crippen molar-refractivity contribution in [2.24, 2.45) is 0 Å². The smallest absolute Gasteiger partial charge is 0.213 e. The molecule has 0 saturated heterocycles. The van der Waals surface area contributed by atoms with E-state index >= 15 is 0 Å². The van der Waals surface area contributed by atoms with Gasteiger partial charge in [0.15, 0.2) is 0 Å². The molecule has 0 bridgehead atoms. The van der Waals surface area contributed by atoms with Crippen molar-refractivity contribution in [3.8, 4) is 22.7 Å². The summed E-state index contributed by atoms with van der Waals surface area (Å²) in [4.78, 5) is 0. The van der Waals surface area contributed by atoms with Crippen molar-refractivity contribution in [3.05, 3.63) is 206 Å². The standard InChI is InChI=1S/C56H34N4O/c1-7-19-47-39(13-1)40-14-2-8-20-48(40)58(47)37-29-31-52-45(33-37)46-34-38(59-49-21-9-3-15-41(49)42-16-4-10-22-50(42)59)30-32-53(46)57(52)35-25-27-36(28-26-35)60-51-23-11-5-17-43(51)55-44-18-6-12-24-54(44)61-56(55)60/h1-34H. The predicted molar refractivity (Wildman–Crippen MR) is 254 cm³/mol. The third kappa shape index (κ3) is 4.44. The van der Waals surface area contributed by atoms with Crippen LogP contribution in [-0.4, -0.2) is 18.3 Å². The molecule has 5 heteroatoms. The van der Waals surface area contributed by atoms with Gasteiger partial charge in [-0.25, -0.2) is 0 Å².